The molecule has 4 nitrogen and oxygen atoms in total. The number of hydrogen-bond donors (Lipinski definition) is 3. The predicted molar refractivity (Wildman–Crippen MR) is 78.3 cm³/mol. The first-order valence-corrected chi connectivity index (χ1v) is 7.10. The highest BCUT2D eigenvalue weighted by molar-refractivity contribution is 5.90. The molecule has 1 atom stereocenters. The van der Waals surface area contributed by atoms with Crippen molar-refractivity contribution >= 4 is 11.7 Å². The van der Waals surface area contributed by atoms with E-state index in [1.807, 2.05) is 24.3 Å². The lowest BCUT2D eigenvalue weighted by atomic mass is 9.93. The zero-order valence-electron chi connectivity index (χ0n) is 11.7. The molecule has 3 N–H and O–H groups in total. The van der Waals surface area contributed by atoms with E-state index in [1.54, 1.807) is 0 Å². The number of hydrogen-bond acceptors (Lipinski definition) is 2. The molecule has 0 spiro atoms. The molecule has 1 aliphatic rings. The van der Waals surface area contributed by atoms with Crippen LogP contribution in [0.5, 0.6) is 0 Å². The van der Waals surface area contributed by atoms with Gasteiger partial charge in [-0.3, -0.25) is 0 Å². The van der Waals surface area contributed by atoms with Crippen LogP contribution < -0.4 is 16.0 Å². The molecule has 1 fully saturated rings. The molecule has 104 valence electrons. The van der Waals surface area contributed by atoms with Crippen LogP contribution in [0.15, 0.2) is 24.3 Å². The highest BCUT2D eigenvalue weighted by Crippen LogP contribution is 2.23. The van der Waals surface area contributed by atoms with E-state index in [0.717, 1.165) is 30.6 Å². The second-order valence-corrected chi connectivity index (χ2v) is 5.09. The minimum absolute atomic E-state index is 0.0964. The third-order valence-corrected chi connectivity index (χ3v) is 3.63. The van der Waals surface area contributed by atoms with Gasteiger partial charge < -0.3 is 16.0 Å². The Labute approximate surface area is 115 Å². The van der Waals surface area contributed by atoms with Gasteiger partial charge in [-0.15, -0.1) is 0 Å². The minimum atomic E-state index is -0.0964. The molecule has 1 aromatic rings. The van der Waals surface area contributed by atoms with Crippen molar-refractivity contribution in [3.05, 3.63) is 29.8 Å². The topological polar surface area (TPSA) is 53.2 Å². The lowest BCUT2D eigenvalue weighted by Gasteiger charge is -2.27. The van der Waals surface area contributed by atoms with Gasteiger partial charge >= 0.3 is 6.03 Å². The van der Waals surface area contributed by atoms with Gasteiger partial charge in [0.15, 0.2) is 0 Å². The van der Waals surface area contributed by atoms with Gasteiger partial charge in [-0.2, -0.15) is 0 Å². The number of nitrogens with one attached hydrogen (secondary N) is 3. The largest absolute Gasteiger partial charge is 0.335 e. The molecule has 1 saturated carbocycles. The summed E-state index contributed by atoms with van der Waals surface area (Å²) >= 11 is 0. The Morgan fingerprint density at radius 1 is 1.37 bits per heavy atom. The fourth-order valence-electron chi connectivity index (χ4n) is 2.30. The Morgan fingerprint density at radius 3 is 2.74 bits per heavy atom. The summed E-state index contributed by atoms with van der Waals surface area (Å²) in [5, 5.41) is 9.32. The third kappa shape index (κ3) is 3.70. The van der Waals surface area contributed by atoms with Crippen LogP contribution in [-0.2, 0) is 0 Å². The SMILES string of the molecule is CCNC(C)c1ccccc1NC(=O)NC1CCC1. The number of rotatable bonds is 5. The lowest BCUT2D eigenvalue weighted by Crippen LogP contribution is -2.42. The monoisotopic (exact) mass is 261 g/mol. The fraction of sp³-hybridized carbons (Fsp3) is 0.533. The summed E-state index contributed by atoms with van der Waals surface area (Å²) in [6.45, 7) is 5.09. The van der Waals surface area contributed by atoms with E-state index < -0.39 is 0 Å². The number of carbonyl (C=O) groups excluding carboxylic acids is 1. The van der Waals surface area contributed by atoms with Gasteiger partial charge in [0, 0.05) is 17.8 Å². The molecule has 4 heteroatoms. The maximum atomic E-state index is 11.9. The molecular weight excluding hydrogens is 238 g/mol. The summed E-state index contributed by atoms with van der Waals surface area (Å²) < 4.78 is 0. The van der Waals surface area contributed by atoms with Gasteiger partial charge in [0.05, 0.1) is 0 Å². The Kier molecular flexibility index (Phi) is 4.80. The maximum absolute atomic E-state index is 11.9. The fourth-order valence-corrected chi connectivity index (χ4v) is 2.30. The van der Waals surface area contributed by atoms with E-state index in [4.69, 9.17) is 0 Å². The minimum Gasteiger partial charge on any atom is -0.335 e. The van der Waals surface area contributed by atoms with Crippen LogP contribution in [0.2, 0.25) is 0 Å². The van der Waals surface area contributed by atoms with Gasteiger partial charge in [0.1, 0.15) is 0 Å². The summed E-state index contributed by atoms with van der Waals surface area (Å²) in [6, 6.07) is 8.43. The molecule has 0 radical (unpaired) electrons. The summed E-state index contributed by atoms with van der Waals surface area (Å²) in [7, 11) is 0. The van der Waals surface area contributed by atoms with E-state index in [9.17, 15) is 4.79 Å². The number of anilines is 1. The van der Waals surface area contributed by atoms with Gasteiger partial charge in [0.2, 0.25) is 0 Å². The number of para-hydroxylation sites is 1. The molecule has 0 saturated heterocycles. The highest BCUT2D eigenvalue weighted by atomic mass is 16.2. The summed E-state index contributed by atoms with van der Waals surface area (Å²) in [6.07, 6.45) is 3.42. The van der Waals surface area contributed by atoms with E-state index in [-0.39, 0.29) is 12.1 Å². The zero-order chi connectivity index (χ0) is 13.7. The molecule has 19 heavy (non-hydrogen) atoms. The molecular formula is C15H23N3O. The van der Waals surface area contributed by atoms with Crippen molar-refractivity contribution in [3.8, 4) is 0 Å². The van der Waals surface area contributed by atoms with Crippen LogP contribution >= 0.6 is 0 Å². The van der Waals surface area contributed by atoms with E-state index >= 15 is 0 Å². The van der Waals surface area contributed by atoms with Crippen LogP contribution in [0, 0.1) is 0 Å². The third-order valence-electron chi connectivity index (χ3n) is 3.63. The number of benzene rings is 1. The Morgan fingerprint density at radius 2 is 2.11 bits per heavy atom. The van der Waals surface area contributed by atoms with Crippen molar-refractivity contribution in [2.75, 3.05) is 11.9 Å². The van der Waals surface area contributed by atoms with E-state index in [2.05, 4.69) is 29.8 Å². The second kappa shape index (κ2) is 6.57. The molecule has 2 rings (SSSR count). The average Bonchev–Trinajstić information content (AvgIpc) is 2.35. The predicted octanol–water partition coefficient (Wildman–Crippen LogP) is 3.03. The molecule has 1 unspecified atom stereocenters. The standard InChI is InChI=1S/C15H23N3O/c1-3-16-11(2)13-9-4-5-10-14(13)18-15(19)17-12-7-6-8-12/h4-5,9-12,16H,3,6-8H2,1-2H3,(H2,17,18,19). The van der Waals surface area contributed by atoms with Crippen molar-refractivity contribution in [1.29, 1.82) is 0 Å². The van der Waals surface area contributed by atoms with E-state index in [0.29, 0.717) is 6.04 Å². The first-order chi connectivity index (χ1) is 9.20. The molecule has 0 heterocycles. The van der Waals surface area contributed by atoms with Crippen molar-refractivity contribution < 1.29 is 4.79 Å². The normalized spacial score (nSPS) is 16.5. The smallest absolute Gasteiger partial charge is 0.319 e. The van der Waals surface area contributed by atoms with Crippen LogP contribution in [0.3, 0.4) is 0 Å². The van der Waals surface area contributed by atoms with Crippen LogP contribution in [0.25, 0.3) is 0 Å². The number of carbonyl (C=O) groups is 1. The first kappa shape index (κ1) is 13.9. The van der Waals surface area contributed by atoms with Crippen LogP contribution in [-0.4, -0.2) is 18.6 Å². The van der Waals surface area contributed by atoms with Crippen molar-refractivity contribution in [2.24, 2.45) is 0 Å². The van der Waals surface area contributed by atoms with Crippen molar-refractivity contribution in [2.45, 2.75) is 45.2 Å². The van der Waals surface area contributed by atoms with Crippen molar-refractivity contribution in [3.63, 3.8) is 0 Å². The first-order valence-electron chi connectivity index (χ1n) is 7.10. The maximum Gasteiger partial charge on any atom is 0.319 e. The summed E-state index contributed by atoms with van der Waals surface area (Å²) in [5.41, 5.74) is 2.00. The Bertz CT molecular complexity index is 429. The Hall–Kier alpha value is -1.55. The molecule has 2 amide bonds. The average molecular weight is 261 g/mol. The second-order valence-electron chi connectivity index (χ2n) is 5.09. The van der Waals surface area contributed by atoms with Crippen LogP contribution in [0.1, 0.15) is 44.7 Å². The number of urea groups is 1. The summed E-state index contributed by atoms with van der Waals surface area (Å²) in [5.74, 6) is 0. The molecule has 0 aromatic heterocycles. The molecule has 1 aromatic carbocycles. The molecule has 0 aliphatic heterocycles. The van der Waals surface area contributed by atoms with Gasteiger partial charge in [-0.05, 0) is 44.4 Å². The lowest BCUT2D eigenvalue weighted by molar-refractivity contribution is 0.240. The number of amides is 2. The Balaban J connectivity index is 2.00. The quantitative estimate of drug-likeness (QED) is 0.763. The molecule has 1 aliphatic carbocycles. The van der Waals surface area contributed by atoms with E-state index in [1.165, 1.54) is 6.42 Å². The van der Waals surface area contributed by atoms with Crippen molar-refractivity contribution in [1.82, 2.24) is 10.6 Å². The molecule has 0 bridgehead atoms. The summed E-state index contributed by atoms with van der Waals surface area (Å²) in [4.78, 5) is 11.9. The van der Waals surface area contributed by atoms with Gasteiger partial charge in [-0.1, -0.05) is 25.1 Å². The van der Waals surface area contributed by atoms with Crippen LogP contribution in [0.4, 0.5) is 10.5 Å². The zero-order valence-corrected chi connectivity index (χ0v) is 11.7. The van der Waals surface area contributed by atoms with Gasteiger partial charge in [-0.25, -0.2) is 4.79 Å². The highest BCUT2D eigenvalue weighted by Gasteiger charge is 2.20. The van der Waals surface area contributed by atoms with Gasteiger partial charge in [0.25, 0.3) is 0 Å².